The van der Waals surface area contributed by atoms with Gasteiger partial charge in [0, 0.05) is 18.5 Å². The van der Waals surface area contributed by atoms with Crippen LogP contribution in [0.25, 0.3) is 0 Å². The number of nitrogens with one attached hydrogen (secondary N) is 1. The topological polar surface area (TPSA) is 24.5 Å². The molecule has 100 valence electrons. The minimum Gasteiger partial charge on any atom is -0.465 e. The summed E-state index contributed by atoms with van der Waals surface area (Å²) in [7, 11) is 0. The van der Waals surface area contributed by atoms with E-state index in [1.54, 1.807) is 12.1 Å². The number of hydrogen-bond acceptors (Lipinski definition) is 2. The van der Waals surface area contributed by atoms with Gasteiger partial charge in [0.05, 0.1) is 6.04 Å². The Labute approximate surface area is 117 Å². The maximum Gasteiger partial charge on any atom is 0.184 e. The molecule has 1 fully saturated rings. The smallest absolute Gasteiger partial charge is 0.184 e. The van der Waals surface area contributed by atoms with Gasteiger partial charge in [-0.2, -0.15) is 0 Å². The third kappa shape index (κ3) is 1.80. The van der Waals surface area contributed by atoms with E-state index >= 15 is 0 Å². The second-order valence-electron chi connectivity index (χ2n) is 5.04. The number of fused-ring (bicyclic) bond motifs is 4. The molecule has 5 heteroatoms. The molecule has 3 rings (SSSR count). The van der Waals surface area contributed by atoms with Gasteiger partial charge in [-0.1, -0.05) is 18.2 Å². The molecule has 1 saturated heterocycles. The van der Waals surface area contributed by atoms with Crippen LogP contribution >= 0.6 is 12.2 Å². The van der Waals surface area contributed by atoms with E-state index in [1.807, 2.05) is 17.9 Å². The van der Waals surface area contributed by atoms with Crippen LogP contribution in [0, 0.1) is 5.82 Å². The quantitative estimate of drug-likeness (QED) is 0.664. The van der Waals surface area contributed by atoms with E-state index in [4.69, 9.17) is 17.0 Å². The van der Waals surface area contributed by atoms with Crippen molar-refractivity contribution in [3.63, 3.8) is 0 Å². The zero-order chi connectivity index (χ0) is 13.6. The second-order valence-corrected chi connectivity index (χ2v) is 5.43. The minimum atomic E-state index is -0.629. The maximum atomic E-state index is 13.9. The van der Waals surface area contributed by atoms with Gasteiger partial charge in [-0.25, -0.2) is 4.39 Å². The Morgan fingerprint density at radius 2 is 2.47 bits per heavy atom. The number of hydrogen-bond donors (Lipinski definition) is 1. The number of thiocarbonyl (C=S) groups is 1. The maximum absolute atomic E-state index is 13.9. The summed E-state index contributed by atoms with van der Waals surface area (Å²) < 4.78 is 19.9. The van der Waals surface area contributed by atoms with Crippen molar-refractivity contribution >= 4 is 17.3 Å². The molecular weight excluding hydrogens is 263 g/mol. The highest BCUT2D eigenvalue weighted by Gasteiger charge is 2.47. The number of ether oxygens (including phenoxy) is 1. The Morgan fingerprint density at radius 1 is 1.68 bits per heavy atom. The van der Waals surface area contributed by atoms with Crippen LogP contribution in [0.1, 0.15) is 24.9 Å². The summed E-state index contributed by atoms with van der Waals surface area (Å²) in [4.78, 5) is 1.90. The minimum absolute atomic E-state index is 0.00184. The molecule has 3 nitrogen and oxygen atoms in total. The number of halogens is 1. The summed E-state index contributed by atoms with van der Waals surface area (Å²) in [6.45, 7) is 6.23. The summed E-state index contributed by atoms with van der Waals surface area (Å²) in [6, 6.07) is 4.99. The molecule has 2 atom stereocenters. The Hall–Kier alpha value is -1.62. The molecular formula is C14H15FN2OS. The predicted molar refractivity (Wildman–Crippen MR) is 75.4 cm³/mol. The van der Waals surface area contributed by atoms with Gasteiger partial charge in [-0.15, -0.1) is 6.58 Å². The van der Waals surface area contributed by atoms with Crippen LogP contribution in [0.5, 0.6) is 5.75 Å². The van der Waals surface area contributed by atoms with Crippen molar-refractivity contribution < 1.29 is 9.13 Å². The van der Waals surface area contributed by atoms with E-state index in [0.29, 0.717) is 17.4 Å². The lowest BCUT2D eigenvalue weighted by Gasteiger charge is -2.52. The van der Waals surface area contributed by atoms with Crippen molar-refractivity contribution in [3.8, 4) is 5.75 Å². The van der Waals surface area contributed by atoms with Crippen LogP contribution in [0.15, 0.2) is 30.9 Å². The molecule has 2 unspecified atom stereocenters. The fourth-order valence-corrected chi connectivity index (χ4v) is 3.21. The van der Waals surface area contributed by atoms with Gasteiger partial charge in [-0.3, -0.25) is 0 Å². The lowest BCUT2D eigenvalue weighted by molar-refractivity contribution is -0.0657. The Kier molecular flexibility index (Phi) is 2.74. The molecule has 1 N–H and O–H groups in total. The Morgan fingerprint density at radius 3 is 3.21 bits per heavy atom. The standard InChI is InChI=1S/C14H15FN2OS/c1-3-7-17-13(19)16-11-8-14(17,2)18-12-9(11)5-4-6-10(12)15/h3-6,11H,1,7-8H2,2H3,(H,16,19). The molecule has 0 amide bonds. The SMILES string of the molecule is C=CCN1C(=S)NC2CC1(C)Oc1c(F)cccc12. The van der Waals surface area contributed by atoms with E-state index < -0.39 is 5.72 Å². The first-order valence-electron chi connectivity index (χ1n) is 6.21. The molecule has 0 saturated carbocycles. The fourth-order valence-electron chi connectivity index (χ4n) is 2.80. The molecule has 2 heterocycles. The molecule has 2 aliphatic heterocycles. The lowest BCUT2D eigenvalue weighted by atomic mass is 9.90. The average molecular weight is 278 g/mol. The van der Waals surface area contributed by atoms with Gasteiger partial charge in [0.15, 0.2) is 22.4 Å². The van der Waals surface area contributed by atoms with Crippen molar-refractivity contribution in [1.29, 1.82) is 0 Å². The first-order valence-corrected chi connectivity index (χ1v) is 6.62. The average Bonchev–Trinajstić information content (AvgIpc) is 2.36. The van der Waals surface area contributed by atoms with Gasteiger partial charge in [0.2, 0.25) is 0 Å². The molecule has 2 aliphatic rings. The van der Waals surface area contributed by atoms with Crippen LogP contribution in [-0.2, 0) is 0 Å². The Balaban J connectivity index is 2.08. The Bertz CT molecular complexity index is 562. The monoisotopic (exact) mass is 278 g/mol. The highest BCUT2D eigenvalue weighted by atomic mass is 32.1. The summed E-state index contributed by atoms with van der Waals surface area (Å²) in [5.41, 5.74) is 0.203. The number of benzene rings is 1. The van der Waals surface area contributed by atoms with Crippen molar-refractivity contribution in [2.75, 3.05) is 6.54 Å². The fraction of sp³-hybridized carbons (Fsp3) is 0.357. The molecule has 0 aromatic heterocycles. The van der Waals surface area contributed by atoms with E-state index in [-0.39, 0.29) is 11.9 Å². The zero-order valence-corrected chi connectivity index (χ0v) is 11.5. The molecule has 19 heavy (non-hydrogen) atoms. The van der Waals surface area contributed by atoms with Gasteiger partial charge >= 0.3 is 0 Å². The largest absolute Gasteiger partial charge is 0.465 e. The summed E-state index contributed by atoms with van der Waals surface area (Å²) in [5, 5.41) is 3.87. The van der Waals surface area contributed by atoms with Crippen molar-refractivity contribution in [2.24, 2.45) is 0 Å². The van der Waals surface area contributed by atoms with Gasteiger partial charge in [-0.05, 0) is 25.2 Å². The predicted octanol–water partition coefficient (Wildman–Crippen LogP) is 2.74. The number of nitrogens with zero attached hydrogens (tertiary/aromatic N) is 1. The van der Waals surface area contributed by atoms with Crippen LogP contribution in [0.4, 0.5) is 4.39 Å². The zero-order valence-electron chi connectivity index (χ0n) is 10.6. The van der Waals surface area contributed by atoms with Gasteiger partial charge < -0.3 is 15.0 Å². The normalized spacial score (nSPS) is 28.2. The van der Waals surface area contributed by atoms with Crippen molar-refractivity contribution in [1.82, 2.24) is 10.2 Å². The van der Waals surface area contributed by atoms with Crippen LogP contribution in [0.2, 0.25) is 0 Å². The highest BCUT2D eigenvalue weighted by Crippen LogP contribution is 2.44. The van der Waals surface area contributed by atoms with E-state index in [1.165, 1.54) is 6.07 Å². The number of rotatable bonds is 2. The van der Waals surface area contributed by atoms with E-state index in [0.717, 1.165) is 12.0 Å². The molecule has 0 radical (unpaired) electrons. The van der Waals surface area contributed by atoms with Crippen LogP contribution < -0.4 is 10.1 Å². The first-order chi connectivity index (χ1) is 9.05. The summed E-state index contributed by atoms with van der Waals surface area (Å²) >= 11 is 5.37. The number of para-hydroxylation sites is 1. The van der Waals surface area contributed by atoms with Gasteiger partial charge in [0.1, 0.15) is 0 Å². The molecule has 1 aromatic carbocycles. The third-order valence-corrected chi connectivity index (χ3v) is 4.04. The summed E-state index contributed by atoms with van der Waals surface area (Å²) in [5.74, 6) is -0.00749. The molecule has 2 bridgehead atoms. The van der Waals surface area contributed by atoms with Crippen molar-refractivity contribution in [2.45, 2.75) is 25.1 Å². The molecule has 0 aliphatic carbocycles. The molecule has 0 spiro atoms. The van der Waals surface area contributed by atoms with Crippen LogP contribution in [-0.4, -0.2) is 22.3 Å². The first kappa shape index (κ1) is 12.4. The van der Waals surface area contributed by atoms with Crippen molar-refractivity contribution in [3.05, 3.63) is 42.2 Å². The highest BCUT2D eigenvalue weighted by molar-refractivity contribution is 7.80. The van der Waals surface area contributed by atoms with E-state index in [2.05, 4.69) is 11.9 Å². The summed E-state index contributed by atoms with van der Waals surface area (Å²) in [6.07, 6.45) is 2.48. The van der Waals surface area contributed by atoms with Gasteiger partial charge in [0.25, 0.3) is 0 Å². The second kappa shape index (κ2) is 4.20. The third-order valence-electron chi connectivity index (χ3n) is 3.70. The lowest BCUT2D eigenvalue weighted by Crippen LogP contribution is -2.64. The van der Waals surface area contributed by atoms with E-state index in [9.17, 15) is 4.39 Å². The molecule has 1 aromatic rings. The van der Waals surface area contributed by atoms with Crippen LogP contribution in [0.3, 0.4) is 0 Å².